The first-order chi connectivity index (χ1) is 7.26. The summed E-state index contributed by atoms with van der Waals surface area (Å²) in [6.45, 7) is 4.38. The van der Waals surface area contributed by atoms with E-state index in [9.17, 15) is 4.79 Å². The number of aromatic amines is 1. The third-order valence-corrected chi connectivity index (χ3v) is 2.27. The molecular weight excluding hydrogens is 192 g/mol. The van der Waals surface area contributed by atoms with Crippen LogP contribution in [0.4, 0.5) is 0 Å². The van der Waals surface area contributed by atoms with Crippen molar-refractivity contribution in [2.45, 2.75) is 13.8 Å². The average Bonchev–Trinajstić information content (AvgIpc) is 2.61. The summed E-state index contributed by atoms with van der Waals surface area (Å²) in [4.78, 5) is 10.8. The minimum atomic E-state index is 0.559. The van der Waals surface area contributed by atoms with Crippen molar-refractivity contribution in [1.82, 2.24) is 10.2 Å². The molecule has 2 aromatic rings. The smallest absolute Gasteiger partial charge is 0.150 e. The molecule has 0 saturated heterocycles. The third kappa shape index (κ3) is 1.58. The second-order valence-corrected chi connectivity index (χ2v) is 3.31. The minimum absolute atomic E-state index is 0.559. The molecule has 0 aliphatic carbocycles. The number of aromatic nitrogens is 2. The Balaban J connectivity index is 2.70. The number of ether oxygens (including phenoxy) is 1. The van der Waals surface area contributed by atoms with E-state index in [-0.39, 0.29) is 0 Å². The molecule has 1 aromatic carbocycles. The van der Waals surface area contributed by atoms with Crippen LogP contribution < -0.4 is 4.74 Å². The van der Waals surface area contributed by atoms with Crippen LogP contribution in [0.2, 0.25) is 0 Å². The van der Waals surface area contributed by atoms with Crippen molar-refractivity contribution in [1.29, 1.82) is 0 Å². The molecule has 2 rings (SSSR count). The molecule has 78 valence electrons. The van der Waals surface area contributed by atoms with Gasteiger partial charge in [-0.05, 0) is 26.0 Å². The summed E-state index contributed by atoms with van der Waals surface area (Å²) in [5, 5.41) is 7.96. The fourth-order valence-electron chi connectivity index (χ4n) is 1.56. The van der Waals surface area contributed by atoms with Gasteiger partial charge in [-0.2, -0.15) is 5.10 Å². The normalized spacial score (nSPS) is 10.5. The zero-order chi connectivity index (χ0) is 10.8. The Morgan fingerprint density at radius 1 is 1.53 bits per heavy atom. The van der Waals surface area contributed by atoms with E-state index in [0.717, 1.165) is 22.9 Å². The number of H-pyrrole nitrogens is 1. The molecule has 0 aliphatic rings. The van der Waals surface area contributed by atoms with Gasteiger partial charge in [-0.1, -0.05) is 0 Å². The molecule has 0 aliphatic heterocycles. The van der Waals surface area contributed by atoms with Crippen LogP contribution in [-0.4, -0.2) is 23.1 Å². The number of carbonyl (C=O) groups is 1. The summed E-state index contributed by atoms with van der Waals surface area (Å²) in [6, 6.07) is 3.52. The van der Waals surface area contributed by atoms with Crippen molar-refractivity contribution in [2.24, 2.45) is 0 Å². The SMILES string of the molecule is CCOc1cc(C=O)cc2c(C)[nH]nc12. The van der Waals surface area contributed by atoms with Crippen molar-refractivity contribution in [3.8, 4) is 5.75 Å². The molecule has 1 N–H and O–H groups in total. The van der Waals surface area contributed by atoms with Gasteiger partial charge in [0.25, 0.3) is 0 Å². The van der Waals surface area contributed by atoms with Gasteiger partial charge in [0.1, 0.15) is 17.6 Å². The number of hydrogen-bond acceptors (Lipinski definition) is 3. The van der Waals surface area contributed by atoms with Crippen LogP contribution in [0, 0.1) is 6.92 Å². The number of rotatable bonds is 3. The maximum atomic E-state index is 10.8. The van der Waals surface area contributed by atoms with Gasteiger partial charge in [0.2, 0.25) is 0 Å². The molecule has 1 aromatic heterocycles. The van der Waals surface area contributed by atoms with Gasteiger partial charge < -0.3 is 4.74 Å². The Hall–Kier alpha value is -1.84. The van der Waals surface area contributed by atoms with Crippen LogP contribution in [0.15, 0.2) is 12.1 Å². The first-order valence-corrected chi connectivity index (χ1v) is 4.83. The maximum Gasteiger partial charge on any atom is 0.150 e. The van der Waals surface area contributed by atoms with Crippen LogP contribution >= 0.6 is 0 Å². The van der Waals surface area contributed by atoms with E-state index >= 15 is 0 Å². The Morgan fingerprint density at radius 2 is 2.33 bits per heavy atom. The zero-order valence-electron chi connectivity index (χ0n) is 8.70. The number of nitrogens with zero attached hydrogens (tertiary/aromatic N) is 1. The summed E-state index contributed by atoms with van der Waals surface area (Å²) >= 11 is 0. The van der Waals surface area contributed by atoms with Crippen LogP contribution in [0.25, 0.3) is 10.9 Å². The predicted molar refractivity (Wildman–Crippen MR) is 57.4 cm³/mol. The van der Waals surface area contributed by atoms with E-state index < -0.39 is 0 Å². The van der Waals surface area contributed by atoms with Gasteiger partial charge in [-0.25, -0.2) is 0 Å². The van der Waals surface area contributed by atoms with Gasteiger partial charge >= 0.3 is 0 Å². The van der Waals surface area contributed by atoms with Gasteiger partial charge in [0.15, 0.2) is 0 Å². The molecule has 0 amide bonds. The highest BCUT2D eigenvalue weighted by molar-refractivity contribution is 5.92. The van der Waals surface area contributed by atoms with Gasteiger partial charge in [-0.15, -0.1) is 0 Å². The van der Waals surface area contributed by atoms with Crippen LogP contribution in [0.5, 0.6) is 5.75 Å². The third-order valence-electron chi connectivity index (χ3n) is 2.27. The molecule has 0 fully saturated rings. The second kappa shape index (κ2) is 3.73. The number of nitrogens with one attached hydrogen (secondary N) is 1. The molecule has 0 saturated carbocycles. The molecular formula is C11H12N2O2. The summed E-state index contributed by atoms with van der Waals surface area (Å²) in [7, 11) is 0. The maximum absolute atomic E-state index is 10.8. The van der Waals surface area contributed by atoms with Crippen molar-refractivity contribution >= 4 is 17.2 Å². The first kappa shape index (κ1) is 9.71. The Morgan fingerprint density at radius 3 is 3.00 bits per heavy atom. The molecule has 0 atom stereocenters. The Kier molecular flexibility index (Phi) is 2.41. The zero-order valence-corrected chi connectivity index (χ0v) is 8.70. The lowest BCUT2D eigenvalue weighted by atomic mass is 10.1. The molecule has 0 unspecified atom stereocenters. The largest absolute Gasteiger partial charge is 0.491 e. The number of aldehydes is 1. The predicted octanol–water partition coefficient (Wildman–Crippen LogP) is 2.08. The Bertz CT molecular complexity index is 503. The number of benzene rings is 1. The topological polar surface area (TPSA) is 55.0 Å². The van der Waals surface area contributed by atoms with E-state index in [1.54, 1.807) is 6.07 Å². The highest BCUT2D eigenvalue weighted by atomic mass is 16.5. The minimum Gasteiger partial charge on any atom is -0.491 e. The lowest BCUT2D eigenvalue weighted by Crippen LogP contribution is -1.94. The highest BCUT2D eigenvalue weighted by Gasteiger charge is 2.09. The van der Waals surface area contributed by atoms with E-state index in [0.29, 0.717) is 17.9 Å². The molecule has 4 nitrogen and oxygen atoms in total. The van der Waals surface area contributed by atoms with E-state index in [4.69, 9.17) is 4.74 Å². The van der Waals surface area contributed by atoms with Crippen LogP contribution in [0.1, 0.15) is 23.0 Å². The monoisotopic (exact) mass is 204 g/mol. The van der Waals surface area contributed by atoms with E-state index in [1.165, 1.54) is 0 Å². The lowest BCUT2D eigenvalue weighted by Gasteiger charge is -2.04. The summed E-state index contributed by atoms with van der Waals surface area (Å²) in [6.07, 6.45) is 0.814. The highest BCUT2D eigenvalue weighted by Crippen LogP contribution is 2.27. The molecule has 15 heavy (non-hydrogen) atoms. The van der Waals surface area contributed by atoms with Crippen LogP contribution in [0.3, 0.4) is 0 Å². The van der Waals surface area contributed by atoms with E-state index in [1.807, 2.05) is 19.9 Å². The molecule has 0 radical (unpaired) electrons. The quantitative estimate of drug-likeness (QED) is 0.779. The molecule has 0 bridgehead atoms. The van der Waals surface area contributed by atoms with Crippen molar-refractivity contribution in [3.05, 3.63) is 23.4 Å². The average molecular weight is 204 g/mol. The lowest BCUT2D eigenvalue weighted by molar-refractivity contribution is 0.112. The molecule has 4 heteroatoms. The fourth-order valence-corrected chi connectivity index (χ4v) is 1.56. The van der Waals surface area contributed by atoms with Gasteiger partial charge in [0.05, 0.1) is 6.61 Å². The second-order valence-electron chi connectivity index (χ2n) is 3.31. The summed E-state index contributed by atoms with van der Waals surface area (Å²) < 4.78 is 5.43. The van der Waals surface area contributed by atoms with Crippen LogP contribution in [-0.2, 0) is 0 Å². The number of fused-ring (bicyclic) bond motifs is 1. The fraction of sp³-hybridized carbons (Fsp3) is 0.273. The number of hydrogen-bond donors (Lipinski definition) is 1. The molecule has 0 spiro atoms. The standard InChI is InChI=1S/C11H12N2O2/c1-3-15-10-5-8(6-14)4-9-7(2)12-13-11(9)10/h4-6H,3H2,1-2H3,(H,12,13). The summed E-state index contributed by atoms with van der Waals surface area (Å²) in [5.74, 6) is 0.654. The van der Waals surface area contributed by atoms with Crippen molar-refractivity contribution < 1.29 is 9.53 Å². The van der Waals surface area contributed by atoms with E-state index in [2.05, 4.69) is 10.2 Å². The summed E-state index contributed by atoms with van der Waals surface area (Å²) in [5.41, 5.74) is 2.32. The van der Waals surface area contributed by atoms with Crippen molar-refractivity contribution in [2.75, 3.05) is 6.61 Å². The Labute approximate surface area is 87.2 Å². The first-order valence-electron chi connectivity index (χ1n) is 4.83. The van der Waals surface area contributed by atoms with Crippen molar-refractivity contribution in [3.63, 3.8) is 0 Å². The number of aryl methyl sites for hydroxylation is 1. The number of carbonyl (C=O) groups excluding carboxylic acids is 1. The van der Waals surface area contributed by atoms with Gasteiger partial charge in [0, 0.05) is 16.6 Å². The molecule has 1 heterocycles. The van der Waals surface area contributed by atoms with Gasteiger partial charge in [-0.3, -0.25) is 9.89 Å².